The van der Waals surface area contributed by atoms with Crippen LogP contribution in [-0.4, -0.2) is 12.7 Å². The molecule has 1 nitrogen and oxygen atoms in total. The number of hydrogen-bond acceptors (Lipinski definition) is 1. The van der Waals surface area contributed by atoms with Gasteiger partial charge in [0.15, 0.2) is 0 Å². The third kappa shape index (κ3) is 3.48. The Labute approximate surface area is 102 Å². The standard InChI is InChI=1S/C15H30O/c1-11(2)15(6,7)9-13-8-12(10-16-13)14(3,4)5/h11-13H,8-10H2,1-7H3. The molecule has 0 bridgehead atoms. The van der Waals surface area contributed by atoms with E-state index in [-0.39, 0.29) is 0 Å². The van der Waals surface area contributed by atoms with Crippen LogP contribution in [0.4, 0.5) is 0 Å². The Hall–Kier alpha value is -0.0400. The fourth-order valence-corrected chi connectivity index (χ4v) is 2.27. The van der Waals surface area contributed by atoms with Gasteiger partial charge in [-0.2, -0.15) is 0 Å². The highest BCUT2D eigenvalue weighted by atomic mass is 16.5. The summed E-state index contributed by atoms with van der Waals surface area (Å²) in [5.74, 6) is 1.46. The molecular weight excluding hydrogens is 196 g/mol. The molecule has 0 saturated carbocycles. The monoisotopic (exact) mass is 226 g/mol. The SMILES string of the molecule is CC(C)C(C)(C)CC1CC(C(C)(C)C)CO1. The maximum Gasteiger partial charge on any atom is 0.0584 e. The lowest BCUT2D eigenvalue weighted by Crippen LogP contribution is -2.26. The van der Waals surface area contributed by atoms with E-state index in [0.29, 0.717) is 16.9 Å². The van der Waals surface area contributed by atoms with Gasteiger partial charge in [0, 0.05) is 0 Å². The normalized spacial score (nSPS) is 27.8. The molecule has 2 unspecified atom stereocenters. The first-order valence-electron chi connectivity index (χ1n) is 6.74. The zero-order chi connectivity index (χ0) is 12.6. The molecule has 1 heterocycles. The minimum atomic E-state index is 0.400. The van der Waals surface area contributed by atoms with Gasteiger partial charge >= 0.3 is 0 Å². The van der Waals surface area contributed by atoms with Crippen LogP contribution in [0.25, 0.3) is 0 Å². The molecule has 0 aromatic heterocycles. The zero-order valence-electron chi connectivity index (χ0n) is 12.3. The van der Waals surface area contributed by atoms with Gasteiger partial charge in [-0.1, -0.05) is 48.5 Å². The predicted molar refractivity (Wildman–Crippen MR) is 70.5 cm³/mol. The fourth-order valence-electron chi connectivity index (χ4n) is 2.27. The second kappa shape index (κ2) is 4.68. The minimum absolute atomic E-state index is 0.400. The minimum Gasteiger partial charge on any atom is -0.378 e. The van der Waals surface area contributed by atoms with Crippen LogP contribution in [0, 0.1) is 22.7 Å². The topological polar surface area (TPSA) is 9.23 Å². The van der Waals surface area contributed by atoms with Crippen LogP contribution in [0.2, 0.25) is 0 Å². The molecule has 1 aliphatic heterocycles. The van der Waals surface area contributed by atoms with Crippen LogP contribution in [0.15, 0.2) is 0 Å². The lowest BCUT2D eigenvalue weighted by molar-refractivity contribution is 0.0515. The van der Waals surface area contributed by atoms with E-state index >= 15 is 0 Å². The lowest BCUT2D eigenvalue weighted by atomic mass is 9.74. The van der Waals surface area contributed by atoms with E-state index in [0.717, 1.165) is 18.4 Å². The quantitative estimate of drug-likeness (QED) is 0.688. The summed E-state index contributed by atoms with van der Waals surface area (Å²) in [4.78, 5) is 0. The van der Waals surface area contributed by atoms with Crippen LogP contribution >= 0.6 is 0 Å². The van der Waals surface area contributed by atoms with Crippen molar-refractivity contribution in [2.75, 3.05) is 6.61 Å². The average molecular weight is 226 g/mol. The van der Waals surface area contributed by atoms with Gasteiger partial charge in [0.2, 0.25) is 0 Å². The van der Waals surface area contributed by atoms with Gasteiger partial charge in [-0.3, -0.25) is 0 Å². The average Bonchev–Trinajstić information content (AvgIpc) is 2.50. The van der Waals surface area contributed by atoms with E-state index in [1.54, 1.807) is 0 Å². The predicted octanol–water partition coefficient (Wildman–Crippen LogP) is 4.51. The summed E-state index contributed by atoms with van der Waals surface area (Å²) in [7, 11) is 0. The van der Waals surface area contributed by atoms with Crippen molar-refractivity contribution in [2.24, 2.45) is 22.7 Å². The molecule has 1 rings (SSSR count). The summed E-state index contributed by atoms with van der Waals surface area (Å²) in [5, 5.41) is 0. The second-order valence-corrected chi connectivity index (χ2v) is 7.60. The first-order chi connectivity index (χ1) is 7.13. The summed E-state index contributed by atoms with van der Waals surface area (Å²) in [6, 6.07) is 0. The van der Waals surface area contributed by atoms with Crippen molar-refractivity contribution >= 4 is 0 Å². The second-order valence-electron chi connectivity index (χ2n) is 7.60. The first-order valence-corrected chi connectivity index (χ1v) is 6.74. The van der Waals surface area contributed by atoms with Crippen molar-refractivity contribution in [3.63, 3.8) is 0 Å². The zero-order valence-corrected chi connectivity index (χ0v) is 12.3. The molecule has 1 fully saturated rings. The summed E-state index contributed by atoms with van der Waals surface area (Å²) >= 11 is 0. The van der Waals surface area contributed by atoms with Gasteiger partial charge in [0.1, 0.15) is 0 Å². The Morgan fingerprint density at radius 3 is 2.06 bits per heavy atom. The first kappa shape index (κ1) is 14.0. The van der Waals surface area contributed by atoms with E-state index in [4.69, 9.17) is 4.74 Å². The fraction of sp³-hybridized carbons (Fsp3) is 1.00. The highest BCUT2D eigenvalue weighted by Gasteiger charge is 2.37. The summed E-state index contributed by atoms with van der Waals surface area (Å²) in [6.07, 6.45) is 2.94. The molecule has 0 aromatic rings. The van der Waals surface area contributed by atoms with Crippen molar-refractivity contribution in [1.82, 2.24) is 0 Å². The van der Waals surface area contributed by atoms with Gasteiger partial charge in [0.05, 0.1) is 12.7 Å². The van der Waals surface area contributed by atoms with Crippen molar-refractivity contribution in [3.8, 4) is 0 Å². The summed E-state index contributed by atoms with van der Waals surface area (Å²) in [6.45, 7) is 17.3. The molecule has 1 aliphatic rings. The maximum atomic E-state index is 5.98. The van der Waals surface area contributed by atoms with E-state index in [2.05, 4.69) is 48.5 Å². The number of ether oxygens (including phenoxy) is 1. The third-order valence-electron chi connectivity index (χ3n) is 4.62. The van der Waals surface area contributed by atoms with Crippen LogP contribution in [-0.2, 0) is 4.74 Å². The molecular formula is C15H30O. The molecule has 1 saturated heterocycles. The smallest absolute Gasteiger partial charge is 0.0584 e. The van der Waals surface area contributed by atoms with Crippen molar-refractivity contribution < 1.29 is 4.74 Å². The van der Waals surface area contributed by atoms with Crippen molar-refractivity contribution in [3.05, 3.63) is 0 Å². The molecule has 96 valence electrons. The highest BCUT2D eigenvalue weighted by molar-refractivity contribution is 4.86. The molecule has 0 amide bonds. The van der Waals surface area contributed by atoms with E-state index in [1.165, 1.54) is 12.8 Å². The number of hydrogen-bond donors (Lipinski definition) is 0. The highest BCUT2D eigenvalue weighted by Crippen LogP contribution is 2.40. The molecule has 1 heteroatoms. The van der Waals surface area contributed by atoms with E-state index in [1.807, 2.05) is 0 Å². The molecule has 0 aromatic carbocycles. The Bertz CT molecular complexity index is 222. The molecule has 0 aliphatic carbocycles. The third-order valence-corrected chi connectivity index (χ3v) is 4.62. The van der Waals surface area contributed by atoms with Gasteiger partial charge in [0.25, 0.3) is 0 Å². The number of rotatable bonds is 3. The largest absolute Gasteiger partial charge is 0.378 e. The van der Waals surface area contributed by atoms with Crippen LogP contribution in [0.1, 0.15) is 61.3 Å². The van der Waals surface area contributed by atoms with Crippen LogP contribution < -0.4 is 0 Å². The molecule has 2 atom stereocenters. The van der Waals surface area contributed by atoms with Crippen LogP contribution in [0.5, 0.6) is 0 Å². The van der Waals surface area contributed by atoms with Gasteiger partial charge < -0.3 is 4.74 Å². The molecule has 0 spiro atoms. The van der Waals surface area contributed by atoms with E-state index in [9.17, 15) is 0 Å². The molecule has 0 N–H and O–H groups in total. The maximum absolute atomic E-state index is 5.98. The summed E-state index contributed by atoms with van der Waals surface area (Å²) < 4.78 is 5.98. The van der Waals surface area contributed by atoms with Gasteiger partial charge in [-0.25, -0.2) is 0 Å². The lowest BCUT2D eigenvalue weighted by Gasteiger charge is -2.32. The molecule has 0 radical (unpaired) electrons. The summed E-state index contributed by atoms with van der Waals surface area (Å²) in [5.41, 5.74) is 0.800. The van der Waals surface area contributed by atoms with Gasteiger partial charge in [-0.15, -0.1) is 0 Å². The van der Waals surface area contributed by atoms with E-state index < -0.39 is 0 Å². The Kier molecular flexibility index (Phi) is 4.10. The van der Waals surface area contributed by atoms with Crippen molar-refractivity contribution in [2.45, 2.75) is 67.4 Å². The Morgan fingerprint density at radius 2 is 1.69 bits per heavy atom. The molecule has 16 heavy (non-hydrogen) atoms. The Morgan fingerprint density at radius 1 is 1.12 bits per heavy atom. The van der Waals surface area contributed by atoms with Gasteiger partial charge in [-0.05, 0) is 35.5 Å². The Balaban J connectivity index is 2.49. The van der Waals surface area contributed by atoms with Crippen LogP contribution in [0.3, 0.4) is 0 Å². The van der Waals surface area contributed by atoms with Crippen molar-refractivity contribution in [1.29, 1.82) is 0 Å².